The van der Waals surface area contributed by atoms with E-state index in [1.807, 2.05) is 36.4 Å². The van der Waals surface area contributed by atoms with E-state index in [2.05, 4.69) is 20.4 Å². The molecule has 0 bridgehead atoms. The van der Waals surface area contributed by atoms with Gasteiger partial charge in [0.05, 0.1) is 0 Å². The molecule has 0 saturated heterocycles. The molecule has 22 heavy (non-hydrogen) atoms. The zero-order valence-electron chi connectivity index (χ0n) is 15.4. The molecule has 115 valence electrons. The number of hydrogen-bond acceptors (Lipinski definition) is 0. The molecule has 1 rings (SSSR count). The molecule has 0 atom stereocenters. The van der Waals surface area contributed by atoms with Crippen LogP contribution in [0.5, 0.6) is 0 Å². The molecule has 0 spiro atoms. The van der Waals surface area contributed by atoms with Crippen LogP contribution in [0.2, 0.25) is 0 Å². The molecule has 0 saturated carbocycles. The van der Waals surface area contributed by atoms with Gasteiger partial charge in [-0.1, -0.05) is 108 Å². The summed E-state index contributed by atoms with van der Waals surface area (Å²) in [4.78, 5) is 0. The first-order valence-electron chi connectivity index (χ1n) is 8.31. The molecule has 0 fully saturated rings. The summed E-state index contributed by atoms with van der Waals surface area (Å²) >= 11 is 0. The number of unbranched alkanes of at least 4 members (excludes halogenated alkanes) is 9. The van der Waals surface area contributed by atoms with Crippen molar-refractivity contribution in [1.82, 2.24) is 0 Å². The second-order valence-corrected chi connectivity index (χ2v) is 5.30. The van der Waals surface area contributed by atoms with E-state index in [-0.39, 0.29) is 59.1 Å². The predicted octanol–water partition coefficient (Wildman–Crippen LogP) is 3.69. The summed E-state index contributed by atoms with van der Waals surface area (Å²) in [5.41, 5.74) is 1.17. The topological polar surface area (TPSA) is 0 Å². The van der Waals surface area contributed by atoms with Crippen molar-refractivity contribution in [2.24, 2.45) is 0 Å². The van der Waals surface area contributed by atoms with Crippen LogP contribution in [0.4, 0.5) is 0 Å². The molecule has 0 aliphatic rings. The molecule has 0 N–H and O–H groups in total. The van der Waals surface area contributed by atoms with Gasteiger partial charge in [-0.25, -0.2) is 0 Å². The molecule has 1 radical (unpaired) electrons. The summed E-state index contributed by atoms with van der Waals surface area (Å²) in [6, 6.07) is 10.0. The van der Waals surface area contributed by atoms with Gasteiger partial charge >= 0.3 is 29.6 Å². The Labute approximate surface area is 184 Å². The average molecular weight is 319 g/mol. The van der Waals surface area contributed by atoms with Gasteiger partial charge in [-0.05, 0) is 5.56 Å². The number of benzene rings is 1. The smallest absolute Gasteiger partial charge is 0.343 e. The van der Waals surface area contributed by atoms with Crippen LogP contribution >= 0.6 is 0 Å². The quantitative estimate of drug-likeness (QED) is 0.350. The Morgan fingerprint density at radius 3 is 1.68 bits per heavy atom. The normalized spacial score (nSPS) is 8.82. The Morgan fingerprint density at radius 1 is 0.864 bits per heavy atom. The van der Waals surface area contributed by atoms with Crippen molar-refractivity contribution >= 4 is 35.6 Å². The second kappa shape index (κ2) is 24.2. The monoisotopic (exact) mass is 319 g/mol. The first kappa shape index (κ1) is 27.8. The SMILES string of the molecule is C=Cc1ccccc1.[CH2-]CCCCCCCCCCC.[Na+].[Na]. The summed E-state index contributed by atoms with van der Waals surface area (Å²) in [5, 5.41) is 0. The van der Waals surface area contributed by atoms with Crippen LogP contribution in [0.3, 0.4) is 0 Å². The first-order valence-corrected chi connectivity index (χ1v) is 8.31. The van der Waals surface area contributed by atoms with Crippen LogP contribution in [-0.2, 0) is 0 Å². The standard InChI is InChI=1S/C12H25.C8H8.2Na/c1-3-5-7-9-11-12-10-8-6-4-2;1-2-8-6-4-3-5-7-8;;/h1,3-12H2,2H3;2-7H,1H2;;/q-1;;;+1. The molecule has 0 unspecified atom stereocenters. The molecule has 0 nitrogen and oxygen atoms in total. The fourth-order valence-electron chi connectivity index (χ4n) is 2.08. The molecule has 0 amide bonds. The fourth-order valence-corrected chi connectivity index (χ4v) is 2.08. The van der Waals surface area contributed by atoms with Crippen LogP contribution in [0.15, 0.2) is 36.9 Å². The summed E-state index contributed by atoms with van der Waals surface area (Å²) in [6.07, 6.45) is 15.7. The van der Waals surface area contributed by atoms with E-state index in [9.17, 15) is 0 Å². The van der Waals surface area contributed by atoms with Crippen molar-refractivity contribution in [1.29, 1.82) is 0 Å². The zero-order chi connectivity index (χ0) is 14.9. The van der Waals surface area contributed by atoms with Crippen molar-refractivity contribution in [2.45, 2.75) is 71.1 Å². The van der Waals surface area contributed by atoms with Crippen LogP contribution in [0.1, 0.15) is 76.7 Å². The van der Waals surface area contributed by atoms with Crippen molar-refractivity contribution in [3.63, 3.8) is 0 Å². The van der Waals surface area contributed by atoms with Gasteiger partial charge in [-0.2, -0.15) is 6.42 Å². The molecule has 0 aliphatic heterocycles. The summed E-state index contributed by atoms with van der Waals surface area (Å²) in [6.45, 7) is 9.75. The van der Waals surface area contributed by atoms with Crippen molar-refractivity contribution in [3.8, 4) is 0 Å². The molecule has 1 aromatic carbocycles. The Morgan fingerprint density at radius 2 is 1.32 bits per heavy atom. The number of hydrogen-bond donors (Lipinski definition) is 0. The molecule has 2 heteroatoms. The van der Waals surface area contributed by atoms with Gasteiger partial charge < -0.3 is 6.92 Å². The van der Waals surface area contributed by atoms with Crippen LogP contribution < -0.4 is 29.6 Å². The molecule has 0 aromatic heterocycles. The van der Waals surface area contributed by atoms with Gasteiger partial charge in [-0.15, -0.1) is 0 Å². The Bertz CT molecular complexity index is 286. The third-order valence-corrected chi connectivity index (χ3v) is 3.39. The van der Waals surface area contributed by atoms with Gasteiger partial charge in [0.15, 0.2) is 0 Å². The van der Waals surface area contributed by atoms with Crippen molar-refractivity contribution in [2.75, 3.05) is 0 Å². The van der Waals surface area contributed by atoms with Crippen LogP contribution in [-0.4, -0.2) is 29.6 Å². The van der Waals surface area contributed by atoms with Gasteiger partial charge in [0.2, 0.25) is 0 Å². The maximum Gasteiger partial charge on any atom is 1.00 e. The van der Waals surface area contributed by atoms with E-state index in [0.29, 0.717) is 0 Å². The molecular formula is C20H33Na2. The molecule has 0 aliphatic carbocycles. The van der Waals surface area contributed by atoms with Crippen molar-refractivity contribution in [3.05, 3.63) is 49.4 Å². The van der Waals surface area contributed by atoms with E-state index >= 15 is 0 Å². The second-order valence-electron chi connectivity index (χ2n) is 5.30. The molecule has 0 heterocycles. The Kier molecular flexibility index (Phi) is 30.6. The van der Waals surface area contributed by atoms with E-state index in [0.717, 1.165) is 6.42 Å². The van der Waals surface area contributed by atoms with E-state index in [1.165, 1.54) is 63.4 Å². The maximum atomic E-state index is 3.84. The van der Waals surface area contributed by atoms with Crippen molar-refractivity contribution < 1.29 is 29.6 Å². The predicted molar refractivity (Wildman–Crippen MR) is 99.5 cm³/mol. The van der Waals surface area contributed by atoms with E-state index < -0.39 is 0 Å². The maximum absolute atomic E-state index is 3.84. The zero-order valence-corrected chi connectivity index (χ0v) is 19.4. The first-order chi connectivity index (χ1) is 9.85. The Hall–Kier alpha value is 0.960. The summed E-state index contributed by atoms with van der Waals surface area (Å²) in [7, 11) is 0. The minimum atomic E-state index is 0. The van der Waals surface area contributed by atoms with E-state index in [4.69, 9.17) is 0 Å². The largest absolute Gasteiger partial charge is 1.00 e. The van der Waals surface area contributed by atoms with Gasteiger partial charge in [0, 0.05) is 29.6 Å². The third kappa shape index (κ3) is 21.0. The van der Waals surface area contributed by atoms with Gasteiger partial charge in [0.1, 0.15) is 0 Å². The average Bonchev–Trinajstić information content (AvgIpc) is 2.51. The Balaban J connectivity index is -0.000000318. The minimum Gasteiger partial charge on any atom is -0.343 e. The third-order valence-electron chi connectivity index (χ3n) is 3.39. The number of rotatable bonds is 10. The minimum absolute atomic E-state index is 0. The fraction of sp³-hybridized carbons (Fsp3) is 0.550. The summed E-state index contributed by atoms with van der Waals surface area (Å²) < 4.78 is 0. The van der Waals surface area contributed by atoms with Gasteiger partial charge in [-0.3, -0.25) is 0 Å². The summed E-state index contributed by atoms with van der Waals surface area (Å²) in [5.74, 6) is 0. The van der Waals surface area contributed by atoms with E-state index in [1.54, 1.807) is 0 Å². The van der Waals surface area contributed by atoms with Crippen LogP contribution in [0, 0.1) is 6.92 Å². The van der Waals surface area contributed by atoms with Crippen LogP contribution in [0.25, 0.3) is 6.08 Å². The molecule has 1 aromatic rings. The molecular weight excluding hydrogens is 286 g/mol. The van der Waals surface area contributed by atoms with Gasteiger partial charge in [0.25, 0.3) is 0 Å².